The minimum atomic E-state index is -0.601. The van der Waals surface area contributed by atoms with Gasteiger partial charge in [0, 0.05) is 18.3 Å². The van der Waals surface area contributed by atoms with E-state index in [1.54, 1.807) is 6.20 Å². The van der Waals surface area contributed by atoms with Gasteiger partial charge < -0.3 is 19.1 Å². The minimum absolute atomic E-state index is 0.244. The SMILES string of the molecule is CC(C)c1nccn1CC(O)c1ccc2c(c1)OCO2. The number of benzene rings is 1. The molecule has 0 aliphatic carbocycles. The van der Waals surface area contributed by atoms with E-state index < -0.39 is 6.10 Å². The quantitative estimate of drug-likeness (QED) is 0.930. The number of hydrogen-bond acceptors (Lipinski definition) is 4. The van der Waals surface area contributed by atoms with Gasteiger partial charge in [-0.25, -0.2) is 4.98 Å². The number of fused-ring (bicyclic) bond motifs is 1. The monoisotopic (exact) mass is 274 g/mol. The van der Waals surface area contributed by atoms with Gasteiger partial charge in [0.1, 0.15) is 5.82 Å². The van der Waals surface area contributed by atoms with Gasteiger partial charge in [0.05, 0.1) is 12.6 Å². The molecule has 3 rings (SSSR count). The summed E-state index contributed by atoms with van der Waals surface area (Å²) in [6.07, 6.45) is 3.06. The molecule has 1 aromatic heterocycles. The number of rotatable bonds is 4. The van der Waals surface area contributed by atoms with Crippen LogP contribution in [0.3, 0.4) is 0 Å². The van der Waals surface area contributed by atoms with Crippen LogP contribution in [-0.2, 0) is 6.54 Å². The van der Waals surface area contributed by atoms with Crippen molar-refractivity contribution < 1.29 is 14.6 Å². The molecular weight excluding hydrogens is 256 g/mol. The Morgan fingerprint density at radius 3 is 2.90 bits per heavy atom. The lowest BCUT2D eigenvalue weighted by Gasteiger charge is -2.15. The Kier molecular flexibility index (Phi) is 3.36. The summed E-state index contributed by atoms with van der Waals surface area (Å²) in [5.41, 5.74) is 0.817. The summed E-state index contributed by atoms with van der Waals surface area (Å²) in [7, 11) is 0. The summed E-state index contributed by atoms with van der Waals surface area (Å²) in [5, 5.41) is 10.4. The molecule has 0 spiro atoms. The van der Waals surface area contributed by atoms with Crippen molar-refractivity contribution in [2.24, 2.45) is 0 Å². The Hall–Kier alpha value is -2.01. The Morgan fingerprint density at radius 1 is 1.30 bits per heavy atom. The van der Waals surface area contributed by atoms with Crippen LogP contribution in [0.1, 0.15) is 37.3 Å². The third-order valence-electron chi connectivity index (χ3n) is 3.42. The average molecular weight is 274 g/mol. The molecule has 0 fully saturated rings. The Balaban J connectivity index is 1.79. The zero-order chi connectivity index (χ0) is 14.1. The molecule has 0 bridgehead atoms. The lowest BCUT2D eigenvalue weighted by atomic mass is 10.1. The largest absolute Gasteiger partial charge is 0.454 e. The van der Waals surface area contributed by atoms with Crippen LogP contribution in [0.4, 0.5) is 0 Å². The maximum Gasteiger partial charge on any atom is 0.231 e. The maximum atomic E-state index is 10.4. The second-order valence-corrected chi connectivity index (χ2v) is 5.22. The van der Waals surface area contributed by atoms with E-state index in [1.165, 1.54) is 0 Å². The van der Waals surface area contributed by atoms with E-state index in [-0.39, 0.29) is 6.79 Å². The number of ether oxygens (including phenoxy) is 2. The van der Waals surface area contributed by atoms with Crippen LogP contribution < -0.4 is 9.47 Å². The van der Waals surface area contributed by atoms with Gasteiger partial charge >= 0.3 is 0 Å². The molecule has 2 heterocycles. The van der Waals surface area contributed by atoms with Gasteiger partial charge in [0.15, 0.2) is 11.5 Å². The highest BCUT2D eigenvalue weighted by molar-refractivity contribution is 5.45. The van der Waals surface area contributed by atoms with E-state index in [2.05, 4.69) is 18.8 Å². The van der Waals surface area contributed by atoms with Crippen molar-refractivity contribution in [1.29, 1.82) is 0 Å². The molecule has 0 amide bonds. The first-order valence-electron chi connectivity index (χ1n) is 6.74. The summed E-state index contributed by atoms with van der Waals surface area (Å²) >= 11 is 0. The zero-order valence-electron chi connectivity index (χ0n) is 11.6. The van der Waals surface area contributed by atoms with Crippen molar-refractivity contribution in [3.05, 3.63) is 42.0 Å². The molecule has 1 aliphatic heterocycles. The zero-order valence-corrected chi connectivity index (χ0v) is 11.6. The molecule has 2 aromatic rings. The fraction of sp³-hybridized carbons (Fsp3) is 0.400. The number of imidazole rings is 1. The van der Waals surface area contributed by atoms with Gasteiger partial charge in [-0.15, -0.1) is 0 Å². The fourth-order valence-electron chi connectivity index (χ4n) is 2.39. The standard InChI is InChI=1S/C15H18N2O3/c1-10(2)15-16-5-6-17(15)8-12(18)11-3-4-13-14(7-11)20-9-19-13/h3-7,10,12,18H,8-9H2,1-2H3. The minimum Gasteiger partial charge on any atom is -0.454 e. The number of aliphatic hydroxyl groups is 1. The van der Waals surface area contributed by atoms with Crippen LogP contribution in [0.2, 0.25) is 0 Å². The molecule has 0 saturated carbocycles. The van der Waals surface area contributed by atoms with Gasteiger partial charge in [-0.3, -0.25) is 0 Å². The van der Waals surface area contributed by atoms with E-state index in [4.69, 9.17) is 9.47 Å². The lowest BCUT2D eigenvalue weighted by Crippen LogP contribution is -2.11. The van der Waals surface area contributed by atoms with E-state index in [0.717, 1.165) is 17.1 Å². The van der Waals surface area contributed by atoms with Gasteiger partial charge in [0.2, 0.25) is 6.79 Å². The summed E-state index contributed by atoms with van der Waals surface area (Å²) in [6.45, 7) is 4.90. The number of hydrogen-bond donors (Lipinski definition) is 1. The van der Waals surface area contributed by atoms with E-state index in [1.807, 2.05) is 29.0 Å². The molecule has 5 nitrogen and oxygen atoms in total. The molecule has 20 heavy (non-hydrogen) atoms. The molecule has 1 N–H and O–H groups in total. The average Bonchev–Trinajstić information content (AvgIpc) is 3.05. The summed E-state index contributed by atoms with van der Waals surface area (Å²) < 4.78 is 12.6. The van der Waals surface area contributed by atoms with Gasteiger partial charge in [-0.05, 0) is 17.7 Å². The predicted molar refractivity (Wildman–Crippen MR) is 73.8 cm³/mol. The molecular formula is C15H18N2O3. The van der Waals surface area contributed by atoms with E-state index >= 15 is 0 Å². The van der Waals surface area contributed by atoms with Crippen molar-refractivity contribution in [3.63, 3.8) is 0 Å². The topological polar surface area (TPSA) is 56.5 Å². The van der Waals surface area contributed by atoms with Gasteiger partial charge in [-0.2, -0.15) is 0 Å². The third-order valence-corrected chi connectivity index (χ3v) is 3.42. The van der Waals surface area contributed by atoms with Crippen LogP contribution >= 0.6 is 0 Å². The Morgan fingerprint density at radius 2 is 2.10 bits per heavy atom. The molecule has 0 radical (unpaired) electrons. The smallest absolute Gasteiger partial charge is 0.231 e. The summed E-state index contributed by atoms with van der Waals surface area (Å²) in [5.74, 6) is 2.72. The summed E-state index contributed by atoms with van der Waals surface area (Å²) in [6, 6.07) is 5.53. The number of aliphatic hydroxyl groups excluding tert-OH is 1. The van der Waals surface area contributed by atoms with Gasteiger partial charge in [0.25, 0.3) is 0 Å². The fourth-order valence-corrected chi connectivity index (χ4v) is 2.39. The lowest BCUT2D eigenvalue weighted by molar-refractivity contribution is 0.154. The molecule has 1 aromatic carbocycles. The highest BCUT2D eigenvalue weighted by Crippen LogP contribution is 2.34. The first-order chi connectivity index (χ1) is 9.65. The van der Waals surface area contributed by atoms with Crippen LogP contribution in [0.25, 0.3) is 0 Å². The first-order valence-corrected chi connectivity index (χ1v) is 6.74. The van der Waals surface area contributed by atoms with Crippen molar-refractivity contribution in [2.75, 3.05) is 6.79 Å². The van der Waals surface area contributed by atoms with Crippen LogP contribution in [0.15, 0.2) is 30.6 Å². The van der Waals surface area contributed by atoms with Crippen molar-refractivity contribution >= 4 is 0 Å². The van der Waals surface area contributed by atoms with E-state index in [9.17, 15) is 5.11 Å². The number of aromatic nitrogens is 2. The molecule has 1 unspecified atom stereocenters. The van der Waals surface area contributed by atoms with Crippen LogP contribution in [0.5, 0.6) is 11.5 Å². The Labute approximate surface area is 117 Å². The maximum absolute atomic E-state index is 10.4. The normalized spacial score (nSPS) is 14.8. The second-order valence-electron chi connectivity index (χ2n) is 5.22. The Bertz CT molecular complexity index is 607. The molecule has 1 atom stereocenters. The molecule has 0 saturated heterocycles. The van der Waals surface area contributed by atoms with Crippen LogP contribution in [-0.4, -0.2) is 21.5 Å². The number of nitrogens with zero attached hydrogens (tertiary/aromatic N) is 2. The van der Waals surface area contributed by atoms with E-state index in [0.29, 0.717) is 18.2 Å². The first kappa shape index (κ1) is 13.0. The van der Waals surface area contributed by atoms with Crippen molar-refractivity contribution in [2.45, 2.75) is 32.4 Å². The molecule has 106 valence electrons. The highest BCUT2D eigenvalue weighted by atomic mass is 16.7. The predicted octanol–water partition coefficient (Wildman–Crippen LogP) is 2.47. The molecule has 1 aliphatic rings. The van der Waals surface area contributed by atoms with Crippen molar-refractivity contribution in [3.8, 4) is 11.5 Å². The van der Waals surface area contributed by atoms with Crippen molar-refractivity contribution in [1.82, 2.24) is 9.55 Å². The molecule has 5 heteroatoms. The summed E-state index contributed by atoms with van der Waals surface area (Å²) in [4.78, 5) is 4.33. The van der Waals surface area contributed by atoms with Crippen LogP contribution in [0, 0.1) is 0 Å². The van der Waals surface area contributed by atoms with Gasteiger partial charge in [-0.1, -0.05) is 19.9 Å². The second kappa shape index (κ2) is 5.17. The highest BCUT2D eigenvalue weighted by Gasteiger charge is 2.18. The third kappa shape index (κ3) is 2.36.